The summed E-state index contributed by atoms with van der Waals surface area (Å²) in [6.07, 6.45) is 0.841. The summed E-state index contributed by atoms with van der Waals surface area (Å²) in [6.45, 7) is 2.99. The molecule has 3 aromatic rings. The molecule has 0 aliphatic carbocycles. The lowest BCUT2D eigenvalue weighted by molar-refractivity contribution is 0.0581. The van der Waals surface area contributed by atoms with E-state index in [1.807, 2.05) is 12.1 Å². The number of aromatic nitrogens is 1. The minimum Gasteiger partial charge on any atom is -0.464 e. The van der Waals surface area contributed by atoms with Crippen LogP contribution in [-0.2, 0) is 6.42 Å². The second-order valence-electron chi connectivity index (χ2n) is 6.23. The van der Waals surface area contributed by atoms with Gasteiger partial charge in [-0.2, -0.15) is 0 Å². The average Bonchev–Trinajstić information content (AvgIpc) is 2.94. The number of benzene rings is 2. The molecule has 0 amide bonds. The van der Waals surface area contributed by atoms with Crippen LogP contribution in [0.5, 0.6) is 5.75 Å². The summed E-state index contributed by atoms with van der Waals surface area (Å²) in [6, 6.07) is 14.6. The lowest BCUT2D eigenvalue weighted by Crippen LogP contribution is -2.45. The maximum absolute atomic E-state index is 6.35. The molecule has 0 bridgehead atoms. The van der Waals surface area contributed by atoms with Crippen molar-refractivity contribution in [2.45, 2.75) is 19.6 Å². The van der Waals surface area contributed by atoms with Gasteiger partial charge in [0.2, 0.25) is 6.23 Å². The molecule has 1 unspecified atom stereocenters. The quantitative estimate of drug-likeness (QED) is 0.632. The van der Waals surface area contributed by atoms with E-state index in [-0.39, 0.29) is 6.23 Å². The summed E-state index contributed by atoms with van der Waals surface area (Å²) >= 11 is 5.79. The van der Waals surface area contributed by atoms with Crippen LogP contribution in [0.3, 0.4) is 0 Å². The van der Waals surface area contributed by atoms with E-state index in [0.717, 1.165) is 35.0 Å². The predicted molar refractivity (Wildman–Crippen MR) is 95.0 cm³/mol. The highest BCUT2D eigenvalue weighted by molar-refractivity contribution is 7.80. The van der Waals surface area contributed by atoms with Gasteiger partial charge in [-0.05, 0) is 36.6 Å². The van der Waals surface area contributed by atoms with Crippen molar-refractivity contribution in [3.05, 3.63) is 64.8 Å². The molecule has 3 nitrogen and oxygen atoms in total. The van der Waals surface area contributed by atoms with Gasteiger partial charge in [-0.15, -0.1) is 0 Å². The molecule has 0 saturated heterocycles. The molecular weight excluding hydrogens is 304 g/mol. The Morgan fingerprint density at radius 2 is 2.04 bits per heavy atom. The number of ether oxygens (including phenoxy) is 1. The molecule has 114 valence electrons. The van der Waals surface area contributed by atoms with Crippen molar-refractivity contribution in [1.82, 2.24) is 9.88 Å². The second kappa shape index (κ2) is 4.59. The first-order valence-electron chi connectivity index (χ1n) is 7.91. The number of fused-ring (bicyclic) bond motifs is 6. The molecule has 0 saturated carbocycles. The second-order valence-corrected chi connectivity index (χ2v) is 6.62. The number of aromatic amines is 1. The number of nitrogens with one attached hydrogen (secondary N) is 1. The Hall–Kier alpha value is -2.33. The first-order chi connectivity index (χ1) is 11.2. The molecule has 1 atom stereocenters. The van der Waals surface area contributed by atoms with Crippen LogP contribution in [0.1, 0.15) is 28.6 Å². The number of hydrogen-bond donors (Lipinski definition) is 1. The maximum atomic E-state index is 6.35. The van der Waals surface area contributed by atoms with Crippen LogP contribution >= 0.6 is 12.2 Å². The third kappa shape index (κ3) is 1.72. The normalized spacial score (nSPS) is 19.1. The summed E-state index contributed by atoms with van der Waals surface area (Å²) in [4.78, 5) is 6.67. The molecule has 1 aromatic heterocycles. The fourth-order valence-electron chi connectivity index (χ4n) is 3.81. The zero-order chi connectivity index (χ0) is 15.6. The van der Waals surface area contributed by atoms with Crippen molar-refractivity contribution < 1.29 is 4.74 Å². The van der Waals surface area contributed by atoms with Gasteiger partial charge in [-0.1, -0.05) is 42.5 Å². The van der Waals surface area contributed by atoms with Crippen molar-refractivity contribution in [2.75, 3.05) is 6.54 Å². The van der Waals surface area contributed by atoms with Crippen LogP contribution in [0.2, 0.25) is 0 Å². The van der Waals surface area contributed by atoms with Crippen LogP contribution < -0.4 is 4.74 Å². The van der Waals surface area contributed by atoms with Gasteiger partial charge in [0, 0.05) is 17.4 Å². The molecule has 0 fully saturated rings. The minimum atomic E-state index is -0.145. The van der Waals surface area contributed by atoms with Crippen molar-refractivity contribution in [1.29, 1.82) is 0 Å². The van der Waals surface area contributed by atoms with Gasteiger partial charge in [0.25, 0.3) is 0 Å². The Bertz CT molecular complexity index is 959. The Kier molecular flexibility index (Phi) is 2.62. The van der Waals surface area contributed by atoms with E-state index in [9.17, 15) is 0 Å². The molecule has 2 aromatic carbocycles. The maximum Gasteiger partial charge on any atom is 0.214 e. The van der Waals surface area contributed by atoms with Crippen LogP contribution in [0.15, 0.2) is 42.5 Å². The number of para-hydroxylation sites is 1. The number of hydrogen-bond acceptors (Lipinski definition) is 2. The van der Waals surface area contributed by atoms with E-state index >= 15 is 0 Å². The first-order valence-corrected chi connectivity index (χ1v) is 8.31. The molecule has 2 aliphatic heterocycles. The summed E-state index contributed by atoms with van der Waals surface area (Å²) in [5, 5.41) is 1.30. The molecule has 5 rings (SSSR count). The number of thiocarbonyl (C=S) groups is 1. The van der Waals surface area contributed by atoms with Crippen LogP contribution in [-0.4, -0.2) is 21.4 Å². The van der Waals surface area contributed by atoms with Crippen LogP contribution in [0, 0.1) is 6.92 Å². The first kappa shape index (κ1) is 13.1. The van der Waals surface area contributed by atoms with E-state index in [4.69, 9.17) is 17.0 Å². The largest absolute Gasteiger partial charge is 0.464 e. The van der Waals surface area contributed by atoms with E-state index in [0.29, 0.717) is 0 Å². The summed E-state index contributed by atoms with van der Waals surface area (Å²) < 4.78 is 6.35. The summed E-state index contributed by atoms with van der Waals surface area (Å²) in [5.74, 6) is 0.891. The van der Waals surface area contributed by atoms with Gasteiger partial charge in [-0.25, -0.2) is 0 Å². The smallest absolute Gasteiger partial charge is 0.214 e. The fourth-order valence-corrected chi connectivity index (χ4v) is 4.26. The Balaban J connectivity index is 1.70. The monoisotopic (exact) mass is 320 g/mol. The predicted octanol–water partition coefficient (Wildman–Crippen LogP) is 4.10. The van der Waals surface area contributed by atoms with Crippen molar-refractivity contribution in [2.24, 2.45) is 0 Å². The van der Waals surface area contributed by atoms with Crippen molar-refractivity contribution in [3.63, 3.8) is 0 Å². The van der Waals surface area contributed by atoms with E-state index in [2.05, 4.69) is 47.1 Å². The molecule has 1 N–H and O–H groups in total. The average molecular weight is 320 g/mol. The Labute approximate surface area is 139 Å². The number of H-pyrrole nitrogens is 1. The molecule has 3 heterocycles. The SMILES string of the molecule is Cc1cccc2c1C(=S)N1CCc3c([nH]c4ccccc34)C1O2. The van der Waals surface area contributed by atoms with E-state index < -0.39 is 0 Å². The highest BCUT2D eigenvalue weighted by Crippen LogP contribution is 2.42. The molecule has 0 radical (unpaired) electrons. The topological polar surface area (TPSA) is 28.3 Å². The lowest BCUT2D eigenvalue weighted by Gasteiger charge is -2.41. The van der Waals surface area contributed by atoms with Crippen molar-refractivity contribution in [3.8, 4) is 5.75 Å². The lowest BCUT2D eigenvalue weighted by atomic mass is 9.98. The van der Waals surface area contributed by atoms with Crippen LogP contribution in [0.4, 0.5) is 0 Å². The van der Waals surface area contributed by atoms with Gasteiger partial charge in [-0.3, -0.25) is 0 Å². The molecule has 0 spiro atoms. The van der Waals surface area contributed by atoms with Crippen LogP contribution in [0.25, 0.3) is 10.9 Å². The molecule has 4 heteroatoms. The van der Waals surface area contributed by atoms with E-state index in [1.165, 1.54) is 22.0 Å². The van der Waals surface area contributed by atoms with Gasteiger partial charge in [0.05, 0.1) is 11.3 Å². The van der Waals surface area contributed by atoms with Gasteiger partial charge in [0.1, 0.15) is 10.7 Å². The molecule has 2 aliphatic rings. The fraction of sp³-hybridized carbons (Fsp3) is 0.211. The third-order valence-electron chi connectivity index (χ3n) is 4.93. The Morgan fingerprint density at radius 3 is 2.96 bits per heavy atom. The Morgan fingerprint density at radius 1 is 1.17 bits per heavy atom. The molecular formula is C19H16N2OS. The minimum absolute atomic E-state index is 0.145. The summed E-state index contributed by atoms with van der Waals surface area (Å²) in [7, 11) is 0. The highest BCUT2D eigenvalue weighted by atomic mass is 32.1. The number of nitrogens with zero attached hydrogens (tertiary/aromatic N) is 1. The third-order valence-corrected chi connectivity index (χ3v) is 5.37. The highest BCUT2D eigenvalue weighted by Gasteiger charge is 2.38. The van der Waals surface area contributed by atoms with E-state index in [1.54, 1.807) is 0 Å². The zero-order valence-corrected chi connectivity index (χ0v) is 13.6. The standard InChI is InChI=1S/C19H16N2OS/c1-11-5-4-8-15-16(11)19(23)21-10-9-13-12-6-2-3-7-14(12)20-17(13)18(21)22-15/h2-8,18,20H,9-10H2,1H3. The number of aryl methyl sites for hydroxylation is 1. The van der Waals surface area contributed by atoms with Gasteiger partial charge >= 0.3 is 0 Å². The number of rotatable bonds is 0. The van der Waals surface area contributed by atoms with Gasteiger partial charge < -0.3 is 14.6 Å². The summed E-state index contributed by atoms with van der Waals surface area (Å²) in [5.41, 5.74) is 5.92. The molecule has 23 heavy (non-hydrogen) atoms. The zero-order valence-electron chi connectivity index (χ0n) is 12.8. The van der Waals surface area contributed by atoms with Crippen molar-refractivity contribution >= 4 is 28.1 Å². The van der Waals surface area contributed by atoms with Gasteiger partial charge in [0.15, 0.2) is 0 Å².